The summed E-state index contributed by atoms with van der Waals surface area (Å²) in [5.41, 5.74) is 2.87. The molecule has 0 aliphatic rings. The number of fused-ring (bicyclic) bond motifs is 1. The van der Waals surface area contributed by atoms with Crippen LogP contribution in [0.1, 0.15) is 24.1 Å². The molecular formula is C14H20Cl2NTi-. The first-order valence-electron chi connectivity index (χ1n) is 5.42. The maximum atomic E-state index is 2.28. The van der Waals surface area contributed by atoms with E-state index < -0.39 is 0 Å². The molecule has 0 amide bonds. The molecule has 0 saturated heterocycles. The fourth-order valence-corrected chi connectivity index (χ4v) is 2.20. The minimum Gasteiger partial charge on any atom is -0.311 e. The molecule has 1 nitrogen and oxygen atoms in total. The third-order valence-corrected chi connectivity index (χ3v) is 3.24. The quantitative estimate of drug-likeness (QED) is 0.588. The van der Waals surface area contributed by atoms with Crippen LogP contribution in [-0.4, -0.2) is 19.0 Å². The molecule has 2 rings (SSSR count). The van der Waals surface area contributed by atoms with E-state index >= 15 is 0 Å². The SMILES string of the molecule is Cc1cc2ccccc2[c-]1C(C)N(C)C.Cl.Cl.[Ti]. The minimum atomic E-state index is 0. The van der Waals surface area contributed by atoms with Crippen LogP contribution in [0.3, 0.4) is 0 Å². The van der Waals surface area contributed by atoms with Crippen molar-refractivity contribution in [3.63, 3.8) is 0 Å². The van der Waals surface area contributed by atoms with Gasteiger partial charge in [-0.3, -0.25) is 0 Å². The summed E-state index contributed by atoms with van der Waals surface area (Å²) in [6.07, 6.45) is 0. The Morgan fingerprint density at radius 3 is 2.22 bits per heavy atom. The smallest absolute Gasteiger partial charge is 0 e. The van der Waals surface area contributed by atoms with E-state index in [2.05, 4.69) is 63.2 Å². The number of halogens is 2. The van der Waals surface area contributed by atoms with E-state index in [0.29, 0.717) is 6.04 Å². The number of hydrogen-bond donors (Lipinski definition) is 0. The number of benzene rings is 1. The summed E-state index contributed by atoms with van der Waals surface area (Å²) in [5.74, 6) is 0. The second kappa shape index (κ2) is 8.29. The van der Waals surface area contributed by atoms with Crippen molar-refractivity contribution in [2.24, 2.45) is 0 Å². The second-order valence-electron chi connectivity index (χ2n) is 4.47. The topological polar surface area (TPSA) is 3.24 Å². The third kappa shape index (κ3) is 3.79. The molecule has 100 valence electrons. The molecule has 0 N–H and O–H groups in total. The van der Waals surface area contributed by atoms with Crippen LogP contribution in [0.5, 0.6) is 0 Å². The molecule has 18 heavy (non-hydrogen) atoms. The average molecular weight is 321 g/mol. The van der Waals surface area contributed by atoms with Crippen LogP contribution in [0.15, 0.2) is 30.3 Å². The zero-order chi connectivity index (χ0) is 11.0. The fourth-order valence-electron chi connectivity index (χ4n) is 2.20. The van der Waals surface area contributed by atoms with Crippen molar-refractivity contribution in [2.75, 3.05) is 14.1 Å². The van der Waals surface area contributed by atoms with Crippen LogP contribution in [0.25, 0.3) is 10.8 Å². The first kappa shape index (κ1) is 20.4. The van der Waals surface area contributed by atoms with Gasteiger partial charge in [0, 0.05) is 21.7 Å². The molecule has 0 spiro atoms. The third-order valence-electron chi connectivity index (χ3n) is 3.24. The molecule has 1 unspecified atom stereocenters. The summed E-state index contributed by atoms with van der Waals surface area (Å²) in [4.78, 5) is 2.26. The number of hydrogen-bond acceptors (Lipinski definition) is 1. The number of nitrogens with zero attached hydrogens (tertiary/aromatic N) is 1. The summed E-state index contributed by atoms with van der Waals surface area (Å²) < 4.78 is 0. The molecule has 0 fully saturated rings. The van der Waals surface area contributed by atoms with Crippen molar-refractivity contribution < 1.29 is 21.7 Å². The van der Waals surface area contributed by atoms with Crippen molar-refractivity contribution in [3.05, 3.63) is 41.5 Å². The molecule has 0 saturated carbocycles. The minimum absolute atomic E-state index is 0. The van der Waals surface area contributed by atoms with Crippen LogP contribution in [0.2, 0.25) is 0 Å². The van der Waals surface area contributed by atoms with Crippen LogP contribution >= 0.6 is 24.8 Å². The molecule has 4 heteroatoms. The van der Waals surface area contributed by atoms with Gasteiger partial charge in [0.2, 0.25) is 0 Å². The van der Waals surface area contributed by atoms with E-state index in [-0.39, 0.29) is 46.5 Å². The molecule has 2 aromatic rings. The van der Waals surface area contributed by atoms with Gasteiger partial charge in [-0.25, -0.2) is 0 Å². The fraction of sp³-hybridized carbons (Fsp3) is 0.357. The van der Waals surface area contributed by atoms with Gasteiger partial charge < -0.3 is 4.90 Å². The summed E-state index contributed by atoms with van der Waals surface area (Å²) in [6.45, 7) is 4.46. The van der Waals surface area contributed by atoms with Crippen molar-refractivity contribution in [1.82, 2.24) is 4.90 Å². The summed E-state index contributed by atoms with van der Waals surface area (Å²) in [5, 5.41) is 2.76. The summed E-state index contributed by atoms with van der Waals surface area (Å²) in [7, 11) is 4.26. The van der Waals surface area contributed by atoms with Gasteiger partial charge >= 0.3 is 0 Å². The molecule has 0 heterocycles. The van der Waals surface area contributed by atoms with Gasteiger partial charge in [-0.1, -0.05) is 19.9 Å². The maximum Gasteiger partial charge on any atom is 0 e. The second-order valence-corrected chi connectivity index (χ2v) is 4.47. The summed E-state index contributed by atoms with van der Waals surface area (Å²) in [6, 6.07) is 11.4. The number of rotatable bonds is 2. The normalized spacial score (nSPS) is 11.4. The Balaban J connectivity index is 0. The molecule has 0 bridgehead atoms. The Bertz CT molecular complexity index is 480. The van der Waals surface area contributed by atoms with Gasteiger partial charge in [0.25, 0.3) is 0 Å². The van der Waals surface area contributed by atoms with Crippen molar-refractivity contribution >= 4 is 35.6 Å². The Morgan fingerprint density at radius 2 is 1.67 bits per heavy atom. The predicted molar refractivity (Wildman–Crippen MR) is 80.9 cm³/mol. The molecule has 2 aromatic carbocycles. The van der Waals surface area contributed by atoms with Gasteiger partial charge in [0.05, 0.1) is 0 Å². The standard InChI is InChI=1S/C14H18N.2ClH.Ti/c1-10-9-12-7-5-6-8-13(12)14(10)11(2)15(3)4;;;/h5-9,11H,1-4H3;2*1H;/q-1;;;. The van der Waals surface area contributed by atoms with E-state index in [1.165, 1.54) is 21.9 Å². The van der Waals surface area contributed by atoms with E-state index in [4.69, 9.17) is 0 Å². The van der Waals surface area contributed by atoms with Gasteiger partial charge in [-0.15, -0.1) is 64.9 Å². The molecule has 0 aliphatic carbocycles. The largest absolute Gasteiger partial charge is 0.311 e. The van der Waals surface area contributed by atoms with E-state index in [9.17, 15) is 0 Å². The summed E-state index contributed by atoms with van der Waals surface area (Å²) >= 11 is 0. The van der Waals surface area contributed by atoms with Crippen molar-refractivity contribution in [1.29, 1.82) is 0 Å². The molecule has 0 aliphatic heterocycles. The van der Waals surface area contributed by atoms with Crippen molar-refractivity contribution in [2.45, 2.75) is 19.9 Å². The molecular weight excluding hydrogens is 301 g/mol. The Morgan fingerprint density at radius 1 is 1.11 bits per heavy atom. The van der Waals surface area contributed by atoms with Crippen LogP contribution in [0.4, 0.5) is 0 Å². The van der Waals surface area contributed by atoms with Crippen LogP contribution < -0.4 is 0 Å². The van der Waals surface area contributed by atoms with E-state index in [1.54, 1.807) is 0 Å². The predicted octanol–water partition coefficient (Wildman–Crippen LogP) is 4.33. The monoisotopic (exact) mass is 320 g/mol. The Kier molecular flexibility index (Phi) is 9.40. The van der Waals surface area contributed by atoms with Crippen molar-refractivity contribution in [3.8, 4) is 0 Å². The van der Waals surface area contributed by atoms with Crippen LogP contribution in [0, 0.1) is 6.92 Å². The number of aryl methyl sites for hydroxylation is 1. The van der Waals surface area contributed by atoms with E-state index in [0.717, 1.165) is 0 Å². The van der Waals surface area contributed by atoms with Gasteiger partial charge in [-0.2, -0.15) is 6.07 Å². The first-order chi connectivity index (χ1) is 7.11. The average Bonchev–Trinajstić information content (AvgIpc) is 2.52. The Hall–Kier alpha value is 0.0843. The molecule has 1 atom stereocenters. The zero-order valence-corrected chi connectivity index (χ0v) is 14.4. The zero-order valence-electron chi connectivity index (χ0n) is 11.2. The van der Waals surface area contributed by atoms with Gasteiger partial charge in [0.1, 0.15) is 0 Å². The van der Waals surface area contributed by atoms with E-state index in [1.807, 2.05) is 0 Å². The van der Waals surface area contributed by atoms with Gasteiger partial charge in [0.15, 0.2) is 0 Å². The maximum absolute atomic E-state index is 2.28. The Labute approximate surface area is 137 Å². The molecule has 0 aromatic heterocycles. The first-order valence-corrected chi connectivity index (χ1v) is 5.42. The van der Waals surface area contributed by atoms with Gasteiger partial charge in [-0.05, 0) is 20.1 Å². The van der Waals surface area contributed by atoms with Crippen LogP contribution in [-0.2, 0) is 21.7 Å². The molecule has 0 radical (unpaired) electrons.